The number of hydrogen-bond donors (Lipinski definition) is 0. The van der Waals surface area contributed by atoms with Gasteiger partial charge in [-0.05, 0) is 12.1 Å². The highest BCUT2D eigenvalue weighted by Gasteiger charge is 2.30. The number of ether oxygens (including phenoxy) is 1. The average Bonchev–Trinajstić information content (AvgIpc) is 2.39. The molecule has 0 aromatic carbocycles. The lowest BCUT2D eigenvalue weighted by Crippen LogP contribution is -2.45. The van der Waals surface area contributed by atoms with Crippen molar-refractivity contribution < 1.29 is 13.2 Å². The first kappa shape index (κ1) is 13.2. The fourth-order valence-corrected chi connectivity index (χ4v) is 3.07. The molecule has 1 aromatic rings. The van der Waals surface area contributed by atoms with Crippen LogP contribution in [0.5, 0.6) is 0 Å². The third kappa shape index (κ3) is 2.62. The van der Waals surface area contributed by atoms with Crippen LogP contribution in [0.3, 0.4) is 0 Å². The average molecular weight is 288 g/mol. The molecule has 1 aliphatic rings. The summed E-state index contributed by atoms with van der Waals surface area (Å²) in [7, 11) is -3.64. The van der Waals surface area contributed by atoms with Gasteiger partial charge in [0.25, 0.3) is 0 Å². The lowest BCUT2D eigenvalue weighted by molar-refractivity contribution is 0.0311. The number of hydrogen-bond acceptors (Lipinski definition) is 5. The van der Waals surface area contributed by atoms with Gasteiger partial charge in [0.05, 0.1) is 19.2 Å². The van der Waals surface area contributed by atoms with E-state index in [1.807, 2.05) is 6.07 Å². The smallest absolute Gasteiger partial charge is 0.244 e. The van der Waals surface area contributed by atoms with Crippen molar-refractivity contribution in [3.05, 3.63) is 23.5 Å². The fourth-order valence-electron chi connectivity index (χ4n) is 1.59. The molecule has 18 heavy (non-hydrogen) atoms. The number of aromatic nitrogens is 1. The molecule has 1 aliphatic heterocycles. The Morgan fingerprint density at radius 2 is 2.33 bits per heavy atom. The van der Waals surface area contributed by atoms with Crippen molar-refractivity contribution in [1.82, 2.24) is 9.29 Å². The molecule has 8 heteroatoms. The van der Waals surface area contributed by atoms with E-state index in [-0.39, 0.29) is 29.7 Å². The molecule has 1 unspecified atom stereocenters. The first-order chi connectivity index (χ1) is 8.54. The Balaban J connectivity index is 2.26. The normalized spacial score (nSPS) is 21.4. The number of nitriles is 1. The molecule has 1 aromatic heterocycles. The van der Waals surface area contributed by atoms with E-state index >= 15 is 0 Å². The van der Waals surface area contributed by atoms with Crippen LogP contribution in [-0.2, 0) is 14.8 Å². The SMILES string of the molecule is N#CC1CN(S(=O)(=O)c2ccc(Cl)nc2)CCO1. The van der Waals surface area contributed by atoms with E-state index in [1.165, 1.54) is 22.6 Å². The van der Waals surface area contributed by atoms with E-state index in [2.05, 4.69) is 4.98 Å². The van der Waals surface area contributed by atoms with Crippen LogP contribution < -0.4 is 0 Å². The Morgan fingerprint density at radius 3 is 2.94 bits per heavy atom. The molecule has 0 radical (unpaired) electrons. The van der Waals surface area contributed by atoms with Crippen LogP contribution in [0.4, 0.5) is 0 Å². The van der Waals surface area contributed by atoms with Crippen LogP contribution in [0, 0.1) is 11.3 Å². The molecule has 1 atom stereocenters. The van der Waals surface area contributed by atoms with Gasteiger partial charge in [0.15, 0.2) is 6.10 Å². The first-order valence-corrected chi connectivity index (χ1v) is 6.99. The number of morpholine rings is 1. The molecule has 1 fully saturated rings. The fraction of sp³-hybridized carbons (Fsp3) is 0.400. The molecule has 2 rings (SSSR count). The second kappa shape index (κ2) is 5.20. The summed E-state index contributed by atoms with van der Waals surface area (Å²) in [5, 5.41) is 8.98. The molecule has 0 saturated carbocycles. The van der Waals surface area contributed by atoms with Crippen molar-refractivity contribution in [2.24, 2.45) is 0 Å². The van der Waals surface area contributed by atoms with Gasteiger partial charge in [0, 0.05) is 12.7 Å². The summed E-state index contributed by atoms with van der Waals surface area (Å²) in [6.07, 6.45) is 0.475. The highest BCUT2D eigenvalue weighted by atomic mass is 35.5. The zero-order valence-electron chi connectivity index (χ0n) is 9.28. The summed E-state index contributed by atoms with van der Waals surface area (Å²) in [6, 6.07) is 4.71. The molecule has 0 amide bonds. The summed E-state index contributed by atoms with van der Waals surface area (Å²) < 4.78 is 30.8. The lowest BCUT2D eigenvalue weighted by atomic mass is 10.3. The third-order valence-electron chi connectivity index (χ3n) is 2.51. The molecule has 1 saturated heterocycles. The Hall–Kier alpha value is -1.20. The highest BCUT2D eigenvalue weighted by molar-refractivity contribution is 7.89. The summed E-state index contributed by atoms with van der Waals surface area (Å²) in [4.78, 5) is 3.80. The summed E-state index contributed by atoms with van der Waals surface area (Å²) >= 11 is 5.61. The van der Waals surface area contributed by atoms with Crippen LogP contribution in [0.15, 0.2) is 23.2 Å². The van der Waals surface area contributed by atoms with E-state index in [9.17, 15) is 8.42 Å². The van der Waals surface area contributed by atoms with Crippen molar-refractivity contribution in [1.29, 1.82) is 5.26 Å². The Bertz CT molecular complexity index is 567. The van der Waals surface area contributed by atoms with Crippen LogP contribution in [0.2, 0.25) is 5.15 Å². The van der Waals surface area contributed by atoms with E-state index in [4.69, 9.17) is 21.6 Å². The first-order valence-electron chi connectivity index (χ1n) is 5.17. The quantitative estimate of drug-likeness (QED) is 0.746. The van der Waals surface area contributed by atoms with E-state index < -0.39 is 16.1 Å². The summed E-state index contributed by atoms with van der Waals surface area (Å²) in [6.45, 7) is 0.461. The molecule has 0 aliphatic carbocycles. The number of halogens is 1. The number of pyridine rings is 1. The Morgan fingerprint density at radius 1 is 1.56 bits per heavy atom. The largest absolute Gasteiger partial charge is 0.361 e. The molecule has 96 valence electrons. The van der Waals surface area contributed by atoms with Gasteiger partial charge >= 0.3 is 0 Å². The van der Waals surface area contributed by atoms with Crippen molar-refractivity contribution in [3.63, 3.8) is 0 Å². The molecule has 0 spiro atoms. The zero-order valence-corrected chi connectivity index (χ0v) is 10.9. The van der Waals surface area contributed by atoms with Gasteiger partial charge in [-0.25, -0.2) is 13.4 Å². The second-order valence-corrected chi connectivity index (χ2v) is 5.99. The highest BCUT2D eigenvalue weighted by Crippen LogP contribution is 2.18. The maximum Gasteiger partial charge on any atom is 0.244 e. The van der Waals surface area contributed by atoms with Gasteiger partial charge in [-0.3, -0.25) is 0 Å². The van der Waals surface area contributed by atoms with E-state index in [0.29, 0.717) is 0 Å². The maximum absolute atomic E-state index is 12.2. The summed E-state index contributed by atoms with van der Waals surface area (Å²) in [5.41, 5.74) is 0. The van der Waals surface area contributed by atoms with Crippen molar-refractivity contribution >= 4 is 21.6 Å². The van der Waals surface area contributed by atoms with E-state index in [1.54, 1.807) is 0 Å². The van der Waals surface area contributed by atoms with Crippen LogP contribution in [-0.4, -0.2) is 43.5 Å². The van der Waals surface area contributed by atoms with Gasteiger partial charge < -0.3 is 4.74 Å². The minimum absolute atomic E-state index is 0.0292. The molecule has 6 nitrogen and oxygen atoms in total. The molecule has 0 bridgehead atoms. The van der Waals surface area contributed by atoms with Gasteiger partial charge in [-0.15, -0.1) is 0 Å². The zero-order chi connectivity index (χ0) is 13.2. The topological polar surface area (TPSA) is 83.3 Å². The van der Waals surface area contributed by atoms with Gasteiger partial charge in [-0.2, -0.15) is 9.57 Å². The molecule has 2 heterocycles. The van der Waals surface area contributed by atoms with Crippen LogP contribution >= 0.6 is 11.6 Å². The van der Waals surface area contributed by atoms with Gasteiger partial charge in [0.2, 0.25) is 10.0 Å². The standard InChI is InChI=1S/C10H10ClN3O3S/c11-10-2-1-9(6-13-10)18(15,16)14-3-4-17-8(5-12)7-14/h1-2,6,8H,3-4,7H2. The van der Waals surface area contributed by atoms with Crippen LogP contribution in [0.25, 0.3) is 0 Å². The van der Waals surface area contributed by atoms with Gasteiger partial charge in [0.1, 0.15) is 10.0 Å². The Kier molecular flexibility index (Phi) is 3.82. The van der Waals surface area contributed by atoms with Gasteiger partial charge in [-0.1, -0.05) is 11.6 Å². The predicted octanol–water partition coefficient (Wildman–Crippen LogP) is 0.648. The molecular weight excluding hydrogens is 278 g/mol. The van der Waals surface area contributed by atoms with Crippen molar-refractivity contribution in [3.8, 4) is 6.07 Å². The molecular formula is C10H10ClN3O3S. The monoisotopic (exact) mass is 287 g/mol. The molecule has 0 N–H and O–H groups in total. The number of nitrogens with zero attached hydrogens (tertiary/aromatic N) is 3. The third-order valence-corrected chi connectivity index (χ3v) is 4.58. The van der Waals surface area contributed by atoms with E-state index in [0.717, 1.165) is 0 Å². The second-order valence-electron chi connectivity index (χ2n) is 3.67. The summed E-state index contributed by atoms with van der Waals surface area (Å²) in [5.74, 6) is 0. The minimum atomic E-state index is -3.64. The lowest BCUT2D eigenvalue weighted by Gasteiger charge is -2.28. The Labute approximate surface area is 110 Å². The van der Waals surface area contributed by atoms with Crippen molar-refractivity contribution in [2.45, 2.75) is 11.0 Å². The van der Waals surface area contributed by atoms with Crippen molar-refractivity contribution in [2.75, 3.05) is 19.7 Å². The number of rotatable bonds is 2. The number of sulfonamides is 1. The predicted molar refractivity (Wildman–Crippen MR) is 63.4 cm³/mol. The minimum Gasteiger partial charge on any atom is -0.361 e. The van der Waals surface area contributed by atoms with Crippen LogP contribution in [0.1, 0.15) is 0 Å². The maximum atomic E-state index is 12.2.